The molecule has 0 saturated carbocycles. The minimum Gasteiger partial charge on any atom is -0.781 e. The molecule has 0 heterocycles. The second-order valence-electron chi connectivity index (χ2n) is 2.76. The molecule has 9 heteroatoms. The van der Waals surface area contributed by atoms with E-state index in [0.29, 0.717) is 6.61 Å². The van der Waals surface area contributed by atoms with Crippen molar-refractivity contribution in [3.8, 4) is 0 Å². The number of aliphatic hydroxyl groups excluding tert-OH is 1. The summed E-state index contributed by atoms with van der Waals surface area (Å²) in [6.07, 6.45) is 6.08. The van der Waals surface area contributed by atoms with E-state index in [2.05, 4.69) is 11.2 Å². The minimum atomic E-state index is -3.45. The molecule has 0 aromatic rings. The van der Waals surface area contributed by atoms with Gasteiger partial charge in [0.15, 0.2) is 0 Å². The minimum absolute atomic E-state index is 0. The summed E-state index contributed by atoms with van der Waals surface area (Å²) < 4.78 is 22.1. The van der Waals surface area contributed by atoms with Crippen LogP contribution < -0.4 is 34.5 Å². The summed E-state index contributed by atoms with van der Waals surface area (Å²) in [6.45, 7) is 2.56. The Morgan fingerprint density at radius 3 is 1.94 bits per heavy atom. The number of rotatable bonds is 7. The topological polar surface area (TPSA) is 107 Å². The van der Waals surface area contributed by atoms with Gasteiger partial charge in [-0.05, 0) is 6.42 Å². The molecule has 0 bridgehead atoms. The van der Waals surface area contributed by atoms with Crippen molar-refractivity contribution >= 4 is 16.5 Å². The average Bonchev–Trinajstić information content (AvgIpc) is 2.11. The quantitative estimate of drug-likeness (QED) is 0.321. The smallest absolute Gasteiger partial charge is 0.781 e. The number of hydrogen-bond acceptors (Lipinski definition) is 5. The zero-order valence-electron chi connectivity index (χ0n) is 9.77. The van der Waals surface area contributed by atoms with Gasteiger partial charge >= 0.3 is 37.8 Å². The van der Waals surface area contributed by atoms with Crippen LogP contribution in [0.5, 0.6) is 0 Å². The Morgan fingerprint density at radius 1 is 1.19 bits per heavy atom. The van der Waals surface area contributed by atoms with Crippen molar-refractivity contribution in [2.45, 2.75) is 39.0 Å². The van der Waals surface area contributed by atoms with Crippen molar-refractivity contribution < 1.29 is 57.9 Å². The summed E-state index contributed by atoms with van der Waals surface area (Å²) in [5.74, 6) is 0. The maximum atomic E-state index is 9.40. The third-order valence-corrected chi connectivity index (χ3v) is 2.80. The summed E-state index contributed by atoms with van der Waals surface area (Å²) >= 11 is 0. The van der Waals surface area contributed by atoms with E-state index in [0.717, 1.165) is 6.42 Å². The van der Waals surface area contributed by atoms with E-state index < -0.39 is 16.5 Å². The Kier molecular flexibility index (Phi) is 26.2. The van der Waals surface area contributed by atoms with Gasteiger partial charge in [0.1, 0.15) is 8.25 Å². The van der Waals surface area contributed by atoms with Crippen LogP contribution in [-0.2, 0) is 13.4 Å². The van der Waals surface area contributed by atoms with Crippen LogP contribution in [0, 0.1) is 0 Å². The molecule has 0 aromatic heterocycles. The molecule has 6 nitrogen and oxygen atoms in total. The first-order chi connectivity index (χ1) is 7.04. The van der Waals surface area contributed by atoms with Crippen LogP contribution in [0.25, 0.3) is 0 Å². The molecule has 16 heavy (non-hydrogen) atoms. The molecule has 2 unspecified atom stereocenters. The molecule has 0 aliphatic carbocycles. The standard InChI is InChI=1S/C7H16O.Na.H4O5P2/c1-2-3-4-5-6-7-8;;1-6(2)5-7(3)4/h8H,2-7H2,1H3;;6-7H,(H,1,2)(H,3,4)/q;+1;/p-1. The van der Waals surface area contributed by atoms with Crippen LogP contribution in [0.1, 0.15) is 39.0 Å². The summed E-state index contributed by atoms with van der Waals surface area (Å²) in [7, 11) is -6.72. The van der Waals surface area contributed by atoms with Gasteiger partial charge in [0.25, 0.3) is 0 Å². The molecule has 2 atom stereocenters. The molecule has 0 radical (unpaired) electrons. The van der Waals surface area contributed by atoms with E-state index in [9.17, 15) is 14.0 Å². The SMILES string of the molecule is CCCCCCCO.O=[PH]([O-])O[PH](=O)O.[Na+]. The van der Waals surface area contributed by atoms with Crippen molar-refractivity contribution in [2.75, 3.05) is 6.61 Å². The van der Waals surface area contributed by atoms with E-state index in [1.54, 1.807) is 0 Å². The predicted molar refractivity (Wildman–Crippen MR) is 57.2 cm³/mol. The fourth-order valence-corrected chi connectivity index (χ4v) is 1.36. The molecule has 0 fully saturated rings. The first-order valence-corrected chi connectivity index (χ1v) is 7.26. The Morgan fingerprint density at radius 2 is 1.69 bits per heavy atom. The summed E-state index contributed by atoms with van der Waals surface area (Å²) in [4.78, 5) is 17.0. The van der Waals surface area contributed by atoms with Crippen LogP contribution >= 0.6 is 16.5 Å². The van der Waals surface area contributed by atoms with Crippen molar-refractivity contribution in [1.29, 1.82) is 0 Å². The third kappa shape index (κ3) is 29.5. The fourth-order valence-electron chi connectivity index (χ4n) is 0.787. The average molecular weight is 284 g/mol. The van der Waals surface area contributed by atoms with Gasteiger partial charge in [-0.2, -0.15) is 0 Å². The van der Waals surface area contributed by atoms with E-state index in [4.69, 9.17) is 10.00 Å². The van der Waals surface area contributed by atoms with Gasteiger partial charge in [0.05, 0.1) is 0 Å². The third-order valence-electron chi connectivity index (χ3n) is 1.43. The van der Waals surface area contributed by atoms with E-state index in [1.165, 1.54) is 25.7 Å². The monoisotopic (exact) mass is 284 g/mol. The van der Waals surface area contributed by atoms with E-state index in [-0.39, 0.29) is 29.6 Å². The second kappa shape index (κ2) is 18.7. The molecule has 0 aliphatic heterocycles. The van der Waals surface area contributed by atoms with Gasteiger partial charge in [-0.3, -0.25) is 8.88 Å². The molecule has 94 valence electrons. The molecular weight excluding hydrogens is 265 g/mol. The van der Waals surface area contributed by atoms with Crippen LogP contribution in [-0.4, -0.2) is 16.6 Å². The Balaban J connectivity index is -0.000000200. The van der Waals surface area contributed by atoms with Crippen LogP contribution in [0.2, 0.25) is 0 Å². The van der Waals surface area contributed by atoms with Crippen molar-refractivity contribution in [3.63, 3.8) is 0 Å². The van der Waals surface area contributed by atoms with Gasteiger partial charge in [-0.25, -0.2) is 0 Å². The number of hydrogen-bond donors (Lipinski definition) is 2. The summed E-state index contributed by atoms with van der Waals surface area (Å²) in [5.41, 5.74) is 0. The normalized spacial score (nSPS) is 13.0. The molecule has 0 spiro atoms. The first kappa shape index (κ1) is 22.5. The van der Waals surface area contributed by atoms with Gasteiger partial charge < -0.3 is 19.5 Å². The van der Waals surface area contributed by atoms with E-state index in [1.807, 2.05) is 0 Å². The maximum absolute atomic E-state index is 9.40. The molecule has 2 N–H and O–H groups in total. The Labute approximate surface area is 120 Å². The van der Waals surface area contributed by atoms with E-state index >= 15 is 0 Å². The molecule has 0 amide bonds. The zero-order valence-corrected chi connectivity index (χ0v) is 13.8. The maximum Gasteiger partial charge on any atom is 1.00 e. The van der Waals surface area contributed by atoms with Gasteiger partial charge in [0.2, 0.25) is 0 Å². The predicted octanol–water partition coefficient (Wildman–Crippen LogP) is -1.91. The molecular formula is C7H19NaO6P2. The first-order valence-electron chi connectivity index (χ1n) is 4.77. The molecule has 0 rings (SSSR count). The second-order valence-corrected chi connectivity index (χ2v) is 4.60. The summed E-state index contributed by atoms with van der Waals surface area (Å²) in [6, 6.07) is 0. The van der Waals surface area contributed by atoms with Crippen LogP contribution in [0.15, 0.2) is 0 Å². The summed E-state index contributed by atoms with van der Waals surface area (Å²) in [5, 5.41) is 8.37. The largest absolute Gasteiger partial charge is 1.00 e. The number of aliphatic hydroxyl groups is 1. The van der Waals surface area contributed by atoms with Crippen LogP contribution in [0.3, 0.4) is 0 Å². The Bertz CT molecular complexity index is 162. The van der Waals surface area contributed by atoms with Crippen molar-refractivity contribution in [1.82, 2.24) is 0 Å². The zero-order chi connectivity index (χ0) is 12.1. The molecule has 0 saturated heterocycles. The molecule has 0 aliphatic rings. The van der Waals surface area contributed by atoms with Crippen molar-refractivity contribution in [2.24, 2.45) is 0 Å². The fraction of sp³-hybridized carbons (Fsp3) is 1.00. The van der Waals surface area contributed by atoms with Crippen molar-refractivity contribution in [3.05, 3.63) is 0 Å². The molecule has 0 aromatic carbocycles. The Hall–Kier alpha value is 1.30. The van der Waals surface area contributed by atoms with Gasteiger partial charge in [0, 0.05) is 6.61 Å². The van der Waals surface area contributed by atoms with Crippen LogP contribution in [0.4, 0.5) is 0 Å². The van der Waals surface area contributed by atoms with Gasteiger partial charge in [-0.1, -0.05) is 32.6 Å². The number of unbranched alkanes of at least 4 members (excludes halogenated alkanes) is 4. The van der Waals surface area contributed by atoms with Gasteiger partial charge in [-0.15, -0.1) is 0 Å².